The molecule has 1 aromatic carbocycles. The Bertz CT molecular complexity index is 541. The molecule has 4 heteroatoms. The molecule has 17 heavy (non-hydrogen) atoms. The summed E-state index contributed by atoms with van der Waals surface area (Å²) >= 11 is 0. The van der Waals surface area contributed by atoms with Crippen LogP contribution in [0, 0.1) is 0 Å². The van der Waals surface area contributed by atoms with Crippen molar-refractivity contribution in [2.45, 2.75) is 43.3 Å². The van der Waals surface area contributed by atoms with Crippen molar-refractivity contribution in [2.75, 3.05) is 11.9 Å². The van der Waals surface area contributed by atoms with E-state index >= 15 is 0 Å². The molecule has 0 saturated heterocycles. The molecule has 3 nitrogen and oxygen atoms in total. The molecule has 0 amide bonds. The molecule has 0 fully saturated rings. The van der Waals surface area contributed by atoms with E-state index in [0.717, 1.165) is 11.3 Å². The van der Waals surface area contributed by atoms with E-state index in [0.29, 0.717) is 11.4 Å². The van der Waals surface area contributed by atoms with E-state index in [1.165, 1.54) is 0 Å². The second kappa shape index (κ2) is 3.73. The number of nitrogens with one attached hydrogen (secondary N) is 1. The molecule has 1 aromatic rings. The molecule has 0 radical (unpaired) electrons. The smallest absolute Gasteiger partial charge is 0.184 e. The van der Waals surface area contributed by atoms with Crippen LogP contribution in [-0.2, 0) is 15.3 Å². The van der Waals surface area contributed by atoms with Crippen LogP contribution in [-0.4, -0.2) is 20.2 Å². The van der Waals surface area contributed by atoms with Crippen LogP contribution < -0.4 is 5.32 Å². The van der Waals surface area contributed by atoms with Crippen molar-refractivity contribution in [1.29, 1.82) is 0 Å². The molecular formula is C13H19NO2S. The molecule has 1 N–H and O–H groups in total. The Balaban J connectivity index is 2.71. The normalized spacial score (nSPS) is 22.7. The van der Waals surface area contributed by atoms with Gasteiger partial charge in [0.25, 0.3) is 0 Å². The quantitative estimate of drug-likeness (QED) is 0.773. The van der Waals surface area contributed by atoms with E-state index in [9.17, 15) is 8.42 Å². The Morgan fingerprint density at radius 2 is 1.94 bits per heavy atom. The van der Waals surface area contributed by atoms with Crippen LogP contribution in [0.4, 0.5) is 5.69 Å². The predicted molar refractivity (Wildman–Crippen MR) is 70.3 cm³/mol. The Morgan fingerprint density at radius 1 is 1.29 bits per heavy atom. The van der Waals surface area contributed by atoms with E-state index in [2.05, 4.69) is 26.1 Å². The summed E-state index contributed by atoms with van der Waals surface area (Å²) in [5, 5.41) is 2.91. The maximum absolute atomic E-state index is 12.2. The van der Waals surface area contributed by atoms with Crippen molar-refractivity contribution in [2.24, 2.45) is 0 Å². The van der Waals surface area contributed by atoms with Gasteiger partial charge in [-0.2, -0.15) is 0 Å². The lowest BCUT2D eigenvalue weighted by molar-refractivity contribution is 0.574. The molecule has 2 rings (SSSR count). The minimum Gasteiger partial charge on any atom is -0.382 e. The van der Waals surface area contributed by atoms with Gasteiger partial charge in [0.1, 0.15) is 0 Å². The van der Waals surface area contributed by atoms with Crippen molar-refractivity contribution in [3.63, 3.8) is 0 Å². The van der Waals surface area contributed by atoms with Crippen molar-refractivity contribution < 1.29 is 8.42 Å². The third kappa shape index (κ3) is 1.95. The van der Waals surface area contributed by atoms with Gasteiger partial charge in [-0.3, -0.25) is 0 Å². The maximum atomic E-state index is 12.2. The molecular weight excluding hydrogens is 234 g/mol. The van der Waals surface area contributed by atoms with Crippen molar-refractivity contribution in [1.82, 2.24) is 0 Å². The van der Waals surface area contributed by atoms with Crippen LogP contribution in [0.1, 0.15) is 33.3 Å². The van der Waals surface area contributed by atoms with Crippen LogP contribution in [0.2, 0.25) is 0 Å². The standard InChI is InChI=1S/C13H19NO2S/c1-9-8-14-12-10(13(2,3)4)6-5-7-11(12)17(9,15)16/h5-7,9,14H,8H2,1-4H3. The SMILES string of the molecule is CC1CNc2c(C(C)(C)C)cccc2S1(=O)=O. The third-order valence-corrected chi connectivity index (χ3v) is 5.42. The molecule has 0 aromatic heterocycles. The molecule has 1 unspecified atom stereocenters. The molecule has 1 heterocycles. The summed E-state index contributed by atoms with van der Waals surface area (Å²) in [5.41, 5.74) is 1.79. The predicted octanol–water partition coefficient (Wildman–Crippen LogP) is 2.57. The molecule has 1 aliphatic heterocycles. The third-order valence-electron chi connectivity index (χ3n) is 3.24. The highest BCUT2D eigenvalue weighted by Gasteiger charge is 2.33. The van der Waals surface area contributed by atoms with E-state index < -0.39 is 9.84 Å². The summed E-state index contributed by atoms with van der Waals surface area (Å²) < 4.78 is 24.5. The summed E-state index contributed by atoms with van der Waals surface area (Å²) in [6, 6.07) is 5.52. The lowest BCUT2D eigenvalue weighted by Gasteiger charge is -2.30. The van der Waals surface area contributed by atoms with Gasteiger partial charge in [0.15, 0.2) is 9.84 Å². The largest absolute Gasteiger partial charge is 0.382 e. The zero-order valence-electron chi connectivity index (χ0n) is 10.7. The van der Waals surface area contributed by atoms with Gasteiger partial charge >= 0.3 is 0 Å². The zero-order chi connectivity index (χ0) is 12.8. The van der Waals surface area contributed by atoms with Gasteiger partial charge in [-0.25, -0.2) is 8.42 Å². The summed E-state index contributed by atoms with van der Waals surface area (Å²) in [4.78, 5) is 0.448. The summed E-state index contributed by atoms with van der Waals surface area (Å²) in [6.07, 6.45) is 0. The lowest BCUT2D eigenvalue weighted by atomic mass is 9.85. The van der Waals surface area contributed by atoms with Gasteiger partial charge < -0.3 is 5.32 Å². The molecule has 1 aliphatic rings. The van der Waals surface area contributed by atoms with E-state index in [1.807, 2.05) is 12.1 Å². The van der Waals surface area contributed by atoms with Crippen LogP contribution in [0.5, 0.6) is 0 Å². The number of benzene rings is 1. The first-order valence-electron chi connectivity index (χ1n) is 5.86. The number of hydrogen-bond acceptors (Lipinski definition) is 3. The fourth-order valence-corrected chi connectivity index (χ4v) is 3.62. The van der Waals surface area contributed by atoms with Gasteiger partial charge in [0, 0.05) is 6.54 Å². The number of fused-ring (bicyclic) bond motifs is 1. The van der Waals surface area contributed by atoms with Gasteiger partial charge in [-0.05, 0) is 24.0 Å². The number of anilines is 1. The van der Waals surface area contributed by atoms with Gasteiger partial charge in [-0.15, -0.1) is 0 Å². The van der Waals surface area contributed by atoms with E-state index in [1.54, 1.807) is 13.0 Å². The minimum atomic E-state index is -3.17. The number of para-hydroxylation sites is 1. The Labute approximate surface area is 103 Å². The van der Waals surface area contributed by atoms with Gasteiger partial charge in [0.05, 0.1) is 15.8 Å². The number of sulfone groups is 1. The number of rotatable bonds is 0. The molecule has 0 bridgehead atoms. The summed E-state index contributed by atoms with van der Waals surface area (Å²) in [5.74, 6) is 0. The second-order valence-corrected chi connectivity index (χ2v) is 8.00. The Morgan fingerprint density at radius 3 is 2.53 bits per heavy atom. The highest BCUT2D eigenvalue weighted by molar-refractivity contribution is 7.92. The van der Waals surface area contributed by atoms with Crippen LogP contribution in [0.25, 0.3) is 0 Å². The van der Waals surface area contributed by atoms with Crippen molar-refractivity contribution >= 4 is 15.5 Å². The van der Waals surface area contributed by atoms with Crippen LogP contribution in [0.3, 0.4) is 0 Å². The van der Waals surface area contributed by atoms with Crippen LogP contribution >= 0.6 is 0 Å². The number of hydrogen-bond donors (Lipinski definition) is 1. The maximum Gasteiger partial charge on any atom is 0.184 e. The summed E-state index contributed by atoms with van der Waals surface area (Å²) in [6.45, 7) is 8.51. The molecule has 94 valence electrons. The van der Waals surface area contributed by atoms with Crippen molar-refractivity contribution in [3.05, 3.63) is 23.8 Å². The molecule has 0 saturated carbocycles. The monoisotopic (exact) mass is 253 g/mol. The fourth-order valence-electron chi connectivity index (χ4n) is 2.15. The lowest BCUT2D eigenvalue weighted by Crippen LogP contribution is -2.33. The summed E-state index contributed by atoms with van der Waals surface area (Å²) in [7, 11) is -3.17. The highest BCUT2D eigenvalue weighted by atomic mass is 32.2. The first-order chi connectivity index (χ1) is 7.74. The van der Waals surface area contributed by atoms with Crippen molar-refractivity contribution in [3.8, 4) is 0 Å². The fraction of sp³-hybridized carbons (Fsp3) is 0.538. The average molecular weight is 253 g/mol. The first kappa shape index (κ1) is 12.4. The van der Waals surface area contributed by atoms with E-state index in [4.69, 9.17) is 0 Å². The molecule has 0 aliphatic carbocycles. The topological polar surface area (TPSA) is 46.2 Å². The zero-order valence-corrected chi connectivity index (χ0v) is 11.6. The second-order valence-electron chi connectivity index (χ2n) is 5.67. The first-order valence-corrected chi connectivity index (χ1v) is 7.40. The van der Waals surface area contributed by atoms with Gasteiger partial charge in [0.2, 0.25) is 0 Å². The molecule has 1 atom stereocenters. The van der Waals surface area contributed by atoms with E-state index in [-0.39, 0.29) is 10.7 Å². The Kier molecular flexibility index (Phi) is 2.73. The Hall–Kier alpha value is -1.03. The van der Waals surface area contributed by atoms with Gasteiger partial charge in [-0.1, -0.05) is 32.9 Å². The van der Waals surface area contributed by atoms with Crippen LogP contribution in [0.15, 0.2) is 23.1 Å². The minimum absolute atomic E-state index is 0.0611. The highest BCUT2D eigenvalue weighted by Crippen LogP contribution is 2.37. The average Bonchev–Trinajstić information content (AvgIpc) is 2.22. The molecule has 0 spiro atoms.